The first-order chi connectivity index (χ1) is 9.67. The number of hydrogen-bond donors (Lipinski definition) is 0. The second-order valence-corrected chi connectivity index (χ2v) is 4.83. The predicted octanol–water partition coefficient (Wildman–Crippen LogP) is 2.93. The summed E-state index contributed by atoms with van der Waals surface area (Å²) in [5, 5.41) is 0. The Kier molecular flexibility index (Phi) is 4.77. The molecule has 0 aromatic heterocycles. The molecule has 1 unspecified atom stereocenters. The van der Waals surface area contributed by atoms with Gasteiger partial charge in [0.05, 0.1) is 12.2 Å². The maximum Gasteiger partial charge on any atom is 0.347 e. The van der Waals surface area contributed by atoms with Gasteiger partial charge in [-0.3, -0.25) is 4.79 Å². The van der Waals surface area contributed by atoms with Gasteiger partial charge in [-0.2, -0.15) is 0 Å². The summed E-state index contributed by atoms with van der Waals surface area (Å²) in [6, 6.07) is 5.57. The molecular formula is C16H20O4. The number of hydrogen-bond acceptors (Lipinski definition) is 4. The standard InChI is InChI=1S/C16H20O4/c1-3-13(16(18)19-4-2)20-14-10-6-8-11-7-5-9-12(17)15(11)14/h6,8,10,13H,3-5,7,9H2,1-2H3. The van der Waals surface area contributed by atoms with Gasteiger partial charge in [-0.05, 0) is 37.8 Å². The van der Waals surface area contributed by atoms with E-state index in [-0.39, 0.29) is 11.8 Å². The molecule has 0 fully saturated rings. The maximum atomic E-state index is 12.1. The molecule has 0 saturated carbocycles. The number of carbonyl (C=O) groups excluding carboxylic acids is 2. The molecule has 2 rings (SSSR count). The van der Waals surface area contributed by atoms with Gasteiger partial charge in [0, 0.05) is 6.42 Å². The zero-order chi connectivity index (χ0) is 14.5. The molecule has 1 aromatic rings. The lowest BCUT2D eigenvalue weighted by Crippen LogP contribution is -2.29. The van der Waals surface area contributed by atoms with Gasteiger partial charge in [0.25, 0.3) is 0 Å². The highest BCUT2D eigenvalue weighted by Gasteiger charge is 2.25. The number of Topliss-reactive ketones (excluding diaryl/α,β-unsaturated/α-hetero) is 1. The highest BCUT2D eigenvalue weighted by Crippen LogP contribution is 2.30. The summed E-state index contributed by atoms with van der Waals surface area (Å²) in [7, 11) is 0. The number of esters is 1. The summed E-state index contributed by atoms with van der Waals surface area (Å²) < 4.78 is 10.7. The molecule has 0 radical (unpaired) electrons. The summed E-state index contributed by atoms with van der Waals surface area (Å²) in [4.78, 5) is 23.9. The molecule has 0 aliphatic heterocycles. The Bertz CT molecular complexity index is 507. The van der Waals surface area contributed by atoms with Crippen LogP contribution in [0.25, 0.3) is 0 Å². The van der Waals surface area contributed by atoms with E-state index in [1.165, 1.54) is 0 Å². The van der Waals surface area contributed by atoms with Gasteiger partial charge in [0.15, 0.2) is 11.9 Å². The van der Waals surface area contributed by atoms with Crippen LogP contribution in [0.1, 0.15) is 49.0 Å². The fourth-order valence-electron chi connectivity index (χ4n) is 2.45. The number of rotatable bonds is 5. The van der Waals surface area contributed by atoms with Crippen molar-refractivity contribution in [3.63, 3.8) is 0 Å². The van der Waals surface area contributed by atoms with Crippen LogP contribution in [0.5, 0.6) is 5.75 Å². The van der Waals surface area contributed by atoms with Crippen molar-refractivity contribution in [2.24, 2.45) is 0 Å². The summed E-state index contributed by atoms with van der Waals surface area (Å²) in [5.41, 5.74) is 1.65. The minimum absolute atomic E-state index is 0.0977. The van der Waals surface area contributed by atoms with E-state index in [9.17, 15) is 9.59 Å². The molecule has 0 N–H and O–H groups in total. The number of fused-ring (bicyclic) bond motifs is 1. The number of ketones is 1. The second kappa shape index (κ2) is 6.55. The summed E-state index contributed by atoms with van der Waals surface area (Å²) >= 11 is 0. The number of ether oxygens (including phenoxy) is 2. The van der Waals surface area contributed by atoms with E-state index < -0.39 is 6.10 Å². The Morgan fingerprint density at radius 3 is 2.80 bits per heavy atom. The zero-order valence-electron chi connectivity index (χ0n) is 12.0. The zero-order valence-corrected chi connectivity index (χ0v) is 12.0. The Morgan fingerprint density at radius 1 is 1.30 bits per heavy atom. The number of carbonyl (C=O) groups is 2. The van der Waals surface area contributed by atoms with Crippen molar-refractivity contribution in [2.75, 3.05) is 6.61 Å². The van der Waals surface area contributed by atoms with Gasteiger partial charge in [0.1, 0.15) is 5.75 Å². The van der Waals surface area contributed by atoms with Crippen LogP contribution >= 0.6 is 0 Å². The van der Waals surface area contributed by atoms with Crippen molar-refractivity contribution < 1.29 is 19.1 Å². The predicted molar refractivity (Wildman–Crippen MR) is 75.1 cm³/mol. The molecule has 4 nitrogen and oxygen atoms in total. The minimum atomic E-state index is -0.656. The molecule has 4 heteroatoms. The molecule has 0 saturated heterocycles. The maximum absolute atomic E-state index is 12.1. The van der Waals surface area contributed by atoms with E-state index in [1.807, 2.05) is 19.1 Å². The van der Waals surface area contributed by atoms with Crippen molar-refractivity contribution in [1.82, 2.24) is 0 Å². The topological polar surface area (TPSA) is 52.6 Å². The third-order valence-electron chi connectivity index (χ3n) is 3.43. The Balaban J connectivity index is 2.25. The first-order valence-electron chi connectivity index (χ1n) is 7.15. The summed E-state index contributed by atoms with van der Waals surface area (Å²) in [6.45, 7) is 3.95. The molecule has 0 spiro atoms. The lowest BCUT2D eigenvalue weighted by atomic mass is 9.90. The summed E-state index contributed by atoms with van der Waals surface area (Å²) in [5.74, 6) is 0.225. The number of aryl methyl sites for hydroxylation is 1. The van der Waals surface area contributed by atoms with Crippen LogP contribution in [0.3, 0.4) is 0 Å². The monoisotopic (exact) mass is 276 g/mol. The van der Waals surface area contributed by atoms with Crippen molar-refractivity contribution in [3.8, 4) is 5.75 Å². The van der Waals surface area contributed by atoms with Crippen LogP contribution < -0.4 is 4.74 Å². The lowest BCUT2D eigenvalue weighted by Gasteiger charge is -2.21. The average molecular weight is 276 g/mol. The molecule has 20 heavy (non-hydrogen) atoms. The van der Waals surface area contributed by atoms with Crippen molar-refractivity contribution >= 4 is 11.8 Å². The molecule has 0 amide bonds. The van der Waals surface area contributed by atoms with E-state index in [1.54, 1.807) is 13.0 Å². The molecule has 1 aliphatic rings. The van der Waals surface area contributed by atoms with Crippen LogP contribution in [0.15, 0.2) is 18.2 Å². The second-order valence-electron chi connectivity index (χ2n) is 4.83. The first kappa shape index (κ1) is 14.6. The fraction of sp³-hybridized carbons (Fsp3) is 0.500. The van der Waals surface area contributed by atoms with Crippen LogP contribution in [0.2, 0.25) is 0 Å². The van der Waals surface area contributed by atoms with E-state index >= 15 is 0 Å². The Morgan fingerprint density at radius 2 is 2.10 bits per heavy atom. The molecule has 1 aromatic carbocycles. The fourth-order valence-corrected chi connectivity index (χ4v) is 2.45. The highest BCUT2D eigenvalue weighted by atomic mass is 16.6. The van der Waals surface area contributed by atoms with E-state index in [0.717, 1.165) is 18.4 Å². The first-order valence-corrected chi connectivity index (χ1v) is 7.15. The number of benzene rings is 1. The summed E-state index contributed by atoms with van der Waals surface area (Å²) in [6.07, 6.45) is 2.16. The lowest BCUT2D eigenvalue weighted by molar-refractivity contribution is -0.151. The third kappa shape index (κ3) is 3.00. The average Bonchev–Trinajstić information content (AvgIpc) is 2.45. The van der Waals surface area contributed by atoms with Crippen LogP contribution in [0, 0.1) is 0 Å². The van der Waals surface area contributed by atoms with Gasteiger partial charge >= 0.3 is 5.97 Å². The van der Waals surface area contributed by atoms with Crippen molar-refractivity contribution in [3.05, 3.63) is 29.3 Å². The van der Waals surface area contributed by atoms with Gasteiger partial charge in [0.2, 0.25) is 0 Å². The molecule has 108 valence electrons. The van der Waals surface area contributed by atoms with E-state index in [2.05, 4.69) is 0 Å². The van der Waals surface area contributed by atoms with Crippen molar-refractivity contribution in [1.29, 1.82) is 0 Å². The molecule has 0 bridgehead atoms. The highest BCUT2D eigenvalue weighted by molar-refractivity contribution is 6.01. The molecule has 1 aliphatic carbocycles. The van der Waals surface area contributed by atoms with Gasteiger partial charge in [-0.25, -0.2) is 4.79 Å². The van der Waals surface area contributed by atoms with Crippen LogP contribution in [-0.2, 0) is 16.0 Å². The SMILES string of the molecule is CCOC(=O)C(CC)Oc1cccc2c1C(=O)CCC2. The van der Waals surface area contributed by atoms with Gasteiger partial charge in [-0.1, -0.05) is 19.1 Å². The largest absolute Gasteiger partial charge is 0.478 e. The van der Waals surface area contributed by atoms with Gasteiger partial charge < -0.3 is 9.47 Å². The molecule has 0 heterocycles. The smallest absolute Gasteiger partial charge is 0.347 e. The quantitative estimate of drug-likeness (QED) is 0.776. The molecule has 1 atom stereocenters. The minimum Gasteiger partial charge on any atom is -0.478 e. The van der Waals surface area contributed by atoms with Crippen LogP contribution in [0.4, 0.5) is 0 Å². The van der Waals surface area contributed by atoms with E-state index in [0.29, 0.717) is 30.8 Å². The van der Waals surface area contributed by atoms with Crippen molar-refractivity contribution in [2.45, 2.75) is 45.6 Å². The Labute approximate surface area is 119 Å². The van der Waals surface area contributed by atoms with E-state index in [4.69, 9.17) is 9.47 Å². The van der Waals surface area contributed by atoms with Crippen LogP contribution in [-0.4, -0.2) is 24.5 Å². The third-order valence-corrected chi connectivity index (χ3v) is 3.43. The van der Waals surface area contributed by atoms with Gasteiger partial charge in [-0.15, -0.1) is 0 Å². The molecular weight excluding hydrogens is 256 g/mol. The Hall–Kier alpha value is -1.84. The normalized spacial score (nSPS) is 15.4.